The van der Waals surface area contributed by atoms with E-state index in [1.54, 1.807) is 6.07 Å². The van der Waals surface area contributed by atoms with Gasteiger partial charge in [0.1, 0.15) is 29.2 Å². The Labute approximate surface area is 233 Å². The zero-order valence-electron chi connectivity index (χ0n) is 21.2. The van der Waals surface area contributed by atoms with Crippen LogP contribution in [0.3, 0.4) is 0 Å². The second-order valence-corrected chi connectivity index (χ2v) is 9.46. The number of halogens is 5. The Balaban J connectivity index is 1.58. The topological polar surface area (TPSA) is 94.0 Å². The fraction of sp³-hybridized carbons (Fsp3) is 0.0667. The van der Waals surface area contributed by atoms with Gasteiger partial charge in [0.2, 0.25) is 5.88 Å². The van der Waals surface area contributed by atoms with Crippen molar-refractivity contribution >= 4 is 5.69 Å². The molecule has 0 saturated heterocycles. The molecule has 12 heteroatoms. The van der Waals surface area contributed by atoms with Gasteiger partial charge in [-0.25, -0.2) is 13.8 Å². The van der Waals surface area contributed by atoms with Gasteiger partial charge in [-0.15, -0.1) is 0 Å². The van der Waals surface area contributed by atoms with E-state index >= 15 is 0 Å². The number of nitrogens with zero attached hydrogens (tertiary/aromatic N) is 3. The number of alkyl halides is 3. The molecule has 1 aromatic heterocycles. The zero-order chi connectivity index (χ0) is 29.8. The van der Waals surface area contributed by atoms with E-state index in [1.807, 2.05) is 0 Å². The van der Waals surface area contributed by atoms with E-state index in [4.69, 9.17) is 10.1 Å². The predicted octanol–water partition coefficient (Wildman–Crippen LogP) is 7.51. The average molecular weight is 576 g/mol. The summed E-state index contributed by atoms with van der Waals surface area (Å²) >= 11 is 0. The standard InChI is InChI=1S/C30H17F5N4O3/c31-18-9-11-24(23(32)14-18)38-15-37-29-27(28(38)36)26(17-4-3-5-19(12-17)39(40)41)21-10-8-16(13-25(21)42-29)20-6-1-2-7-22(20)30(33,34)35/h1-15,26,36H. The maximum atomic E-state index is 14.7. The Kier molecular flexibility index (Phi) is 6.33. The van der Waals surface area contributed by atoms with E-state index < -0.39 is 34.2 Å². The van der Waals surface area contributed by atoms with Gasteiger partial charge in [0.25, 0.3) is 5.69 Å². The number of nitro groups is 1. The van der Waals surface area contributed by atoms with Gasteiger partial charge >= 0.3 is 6.18 Å². The molecule has 0 bridgehead atoms. The van der Waals surface area contributed by atoms with Crippen molar-refractivity contribution in [2.75, 3.05) is 0 Å². The number of hydrogen-bond donors (Lipinski definition) is 1. The maximum Gasteiger partial charge on any atom is 0.417 e. The second kappa shape index (κ2) is 9.91. The predicted molar refractivity (Wildman–Crippen MR) is 140 cm³/mol. The summed E-state index contributed by atoms with van der Waals surface area (Å²) in [5, 5.41) is 20.5. The summed E-state index contributed by atoms with van der Waals surface area (Å²) in [4.78, 5) is 15.3. The highest BCUT2D eigenvalue weighted by Gasteiger charge is 2.36. The quantitative estimate of drug-likeness (QED) is 0.134. The third-order valence-corrected chi connectivity index (χ3v) is 6.96. The van der Waals surface area contributed by atoms with Gasteiger partial charge in [0, 0.05) is 29.7 Å². The van der Waals surface area contributed by atoms with E-state index in [0.717, 1.165) is 29.1 Å². The summed E-state index contributed by atoms with van der Waals surface area (Å²) in [6.07, 6.45) is -3.51. The summed E-state index contributed by atoms with van der Waals surface area (Å²) in [6, 6.07) is 18.0. The van der Waals surface area contributed by atoms with E-state index in [9.17, 15) is 32.1 Å². The smallest absolute Gasteiger partial charge is 0.417 e. The number of aromatic nitrogens is 2. The van der Waals surface area contributed by atoms with Crippen molar-refractivity contribution in [2.24, 2.45) is 0 Å². The molecule has 1 unspecified atom stereocenters. The molecule has 5 aromatic rings. The van der Waals surface area contributed by atoms with Gasteiger partial charge < -0.3 is 4.74 Å². The van der Waals surface area contributed by atoms with Crippen molar-refractivity contribution in [1.82, 2.24) is 9.55 Å². The monoisotopic (exact) mass is 576 g/mol. The van der Waals surface area contributed by atoms with E-state index in [0.29, 0.717) is 17.2 Å². The largest absolute Gasteiger partial charge is 0.438 e. The molecule has 1 aliphatic rings. The molecule has 7 nitrogen and oxygen atoms in total. The number of non-ortho nitro benzene ring substituents is 1. The number of fused-ring (bicyclic) bond motifs is 2. The third-order valence-electron chi connectivity index (χ3n) is 6.96. The Morgan fingerprint density at radius 1 is 0.952 bits per heavy atom. The molecule has 2 heterocycles. The van der Waals surface area contributed by atoms with Crippen LogP contribution in [0.2, 0.25) is 0 Å². The highest BCUT2D eigenvalue weighted by Crippen LogP contribution is 2.47. The molecule has 0 amide bonds. The third kappa shape index (κ3) is 4.56. The fourth-order valence-electron chi connectivity index (χ4n) is 5.10. The Bertz CT molecular complexity index is 1960. The van der Waals surface area contributed by atoms with Crippen molar-refractivity contribution in [3.05, 3.63) is 141 Å². The number of ether oxygens (including phenoxy) is 1. The molecule has 0 saturated carbocycles. The molecule has 4 aromatic carbocycles. The Hall–Kier alpha value is -5.39. The maximum absolute atomic E-state index is 14.7. The molecule has 42 heavy (non-hydrogen) atoms. The number of hydrogen-bond acceptors (Lipinski definition) is 5. The van der Waals surface area contributed by atoms with Crippen molar-refractivity contribution in [3.8, 4) is 28.4 Å². The first-order valence-corrected chi connectivity index (χ1v) is 12.4. The lowest BCUT2D eigenvalue weighted by molar-refractivity contribution is -0.384. The molecule has 0 fully saturated rings. The van der Waals surface area contributed by atoms with Crippen LogP contribution in [0, 0.1) is 27.2 Å². The van der Waals surface area contributed by atoms with Gasteiger partial charge in [-0.2, -0.15) is 13.2 Å². The molecule has 1 aliphatic heterocycles. The van der Waals surface area contributed by atoms with Gasteiger partial charge in [0.05, 0.1) is 21.7 Å². The minimum Gasteiger partial charge on any atom is -0.438 e. The van der Waals surface area contributed by atoms with Crippen LogP contribution in [0.4, 0.5) is 27.6 Å². The summed E-state index contributed by atoms with van der Waals surface area (Å²) in [5.41, 5.74) is -0.531. The zero-order valence-corrected chi connectivity index (χ0v) is 21.2. The van der Waals surface area contributed by atoms with Crippen molar-refractivity contribution in [3.63, 3.8) is 0 Å². The van der Waals surface area contributed by atoms with E-state index in [-0.39, 0.29) is 45.2 Å². The average Bonchev–Trinajstić information content (AvgIpc) is 2.96. The van der Waals surface area contributed by atoms with Gasteiger partial charge in [-0.3, -0.25) is 20.1 Å². The minimum absolute atomic E-state index is 0.0825. The second-order valence-electron chi connectivity index (χ2n) is 9.46. The number of rotatable bonds is 4. The van der Waals surface area contributed by atoms with Crippen LogP contribution in [0.5, 0.6) is 11.6 Å². The van der Waals surface area contributed by atoms with Gasteiger partial charge in [0.15, 0.2) is 0 Å². The lowest BCUT2D eigenvalue weighted by Gasteiger charge is -2.29. The first-order chi connectivity index (χ1) is 20.0. The van der Waals surface area contributed by atoms with Gasteiger partial charge in [-0.05, 0) is 41.0 Å². The molecule has 0 radical (unpaired) electrons. The van der Waals surface area contributed by atoms with E-state index in [2.05, 4.69) is 4.98 Å². The van der Waals surface area contributed by atoms with Crippen molar-refractivity contribution in [2.45, 2.75) is 12.1 Å². The molecule has 1 N–H and O–H groups in total. The Morgan fingerprint density at radius 2 is 1.74 bits per heavy atom. The summed E-state index contributed by atoms with van der Waals surface area (Å²) in [7, 11) is 0. The van der Waals surface area contributed by atoms with Gasteiger partial charge in [-0.1, -0.05) is 42.5 Å². The highest BCUT2D eigenvalue weighted by molar-refractivity contribution is 5.72. The molecular formula is C30H17F5N4O3. The Morgan fingerprint density at radius 3 is 2.48 bits per heavy atom. The number of nitro benzene ring substituents is 1. The van der Waals surface area contributed by atoms with E-state index in [1.165, 1.54) is 54.6 Å². The lowest BCUT2D eigenvalue weighted by atomic mass is 9.83. The van der Waals surface area contributed by atoms with Crippen LogP contribution in [-0.4, -0.2) is 14.5 Å². The van der Waals surface area contributed by atoms with Crippen molar-refractivity contribution in [1.29, 1.82) is 5.41 Å². The molecular weight excluding hydrogens is 559 g/mol. The summed E-state index contributed by atoms with van der Waals surface area (Å²) in [5.74, 6) is -2.64. The molecule has 0 aliphatic carbocycles. The normalized spacial score (nSPS) is 14.1. The molecule has 1 atom stereocenters. The number of benzene rings is 4. The van der Waals surface area contributed by atoms with Crippen LogP contribution >= 0.6 is 0 Å². The molecule has 210 valence electrons. The van der Waals surface area contributed by atoms with Crippen molar-refractivity contribution < 1.29 is 31.6 Å². The lowest BCUT2D eigenvalue weighted by Crippen LogP contribution is -2.29. The summed E-state index contributed by atoms with van der Waals surface area (Å²) < 4.78 is 76.7. The van der Waals surface area contributed by atoms with Crippen LogP contribution in [0.1, 0.15) is 28.2 Å². The SMILES string of the molecule is N=c1c2c(ncn1-c1ccc(F)cc1F)Oc1cc(-c3ccccc3C(F)(F)F)ccc1C2c1cccc([N+](=O)[O-])c1. The fourth-order valence-corrected chi connectivity index (χ4v) is 5.10. The van der Waals surface area contributed by atoms with Crippen LogP contribution in [0.15, 0.2) is 91.3 Å². The van der Waals surface area contributed by atoms with Crippen LogP contribution in [-0.2, 0) is 6.18 Å². The minimum atomic E-state index is -4.61. The molecule has 0 spiro atoms. The summed E-state index contributed by atoms with van der Waals surface area (Å²) in [6.45, 7) is 0. The highest BCUT2D eigenvalue weighted by atomic mass is 19.4. The molecule has 6 rings (SSSR count). The number of nitrogens with one attached hydrogen (secondary N) is 1. The van der Waals surface area contributed by atoms with Crippen LogP contribution < -0.4 is 10.2 Å². The first kappa shape index (κ1) is 26.8. The van der Waals surface area contributed by atoms with Crippen LogP contribution in [0.25, 0.3) is 16.8 Å². The first-order valence-electron chi connectivity index (χ1n) is 12.4.